The van der Waals surface area contributed by atoms with Crippen LogP contribution in [0.25, 0.3) is 0 Å². The number of aliphatic hydroxyl groups excluding tert-OH is 1. The second kappa shape index (κ2) is 38.2. The number of unbranched alkanes of at least 4 members (excludes halogenated alkanes) is 29. The molecule has 0 spiro atoms. The van der Waals surface area contributed by atoms with Crippen molar-refractivity contribution in [3.05, 3.63) is 0 Å². The van der Waals surface area contributed by atoms with E-state index in [0.717, 1.165) is 38.5 Å². The van der Waals surface area contributed by atoms with E-state index in [9.17, 15) is 19.4 Å². The molecule has 1 amide bonds. The summed E-state index contributed by atoms with van der Waals surface area (Å²) >= 11 is 0. The van der Waals surface area contributed by atoms with Gasteiger partial charge in [0, 0.05) is 13.0 Å². The Morgan fingerprint density at radius 1 is 0.580 bits per heavy atom. The molecule has 0 aromatic rings. The fourth-order valence-corrected chi connectivity index (χ4v) is 7.43. The van der Waals surface area contributed by atoms with Crippen LogP contribution in [-0.4, -0.2) is 47.8 Å². The molecular weight excluding hydrogens is 647 g/mol. The molecule has 0 aromatic carbocycles. The molecule has 3 atom stereocenters. The molecule has 0 fully saturated rings. The zero-order valence-corrected chi connectivity index (χ0v) is 34.1. The molecule has 0 saturated carbocycles. The van der Waals surface area contributed by atoms with Gasteiger partial charge >= 0.3 is 7.82 Å². The fourth-order valence-electron chi connectivity index (χ4n) is 6.67. The number of amides is 1. The number of phosphoric ester groups is 1. The van der Waals surface area contributed by atoms with E-state index >= 15 is 0 Å². The van der Waals surface area contributed by atoms with Crippen LogP contribution in [-0.2, 0) is 18.4 Å². The molecule has 5 N–H and O–H groups in total. The largest absolute Gasteiger partial charge is 0.472 e. The molecule has 0 aliphatic rings. The summed E-state index contributed by atoms with van der Waals surface area (Å²) < 4.78 is 22.2. The number of hydrogen-bond donors (Lipinski definition) is 4. The molecule has 0 rings (SSSR count). The van der Waals surface area contributed by atoms with E-state index in [1.807, 2.05) is 0 Å². The normalized spacial score (nSPS) is 14.1. The minimum Gasteiger partial charge on any atom is -0.391 e. The minimum absolute atomic E-state index is 0.0925. The Morgan fingerprint density at radius 2 is 0.920 bits per heavy atom. The minimum atomic E-state index is -4.31. The molecule has 0 aliphatic heterocycles. The van der Waals surface area contributed by atoms with E-state index in [0.29, 0.717) is 12.8 Å². The summed E-state index contributed by atoms with van der Waals surface area (Å²) in [6, 6.07) is -0.767. The topological polar surface area (TPSA) is 131 Å². The van der Waals surface area contributed by atoms with Crippen molar-refractivity contribution >= 4 is 13.7 Å². The van der Waals surface area contributed by atoms with Crippen LogP contribution in [0.4, 0.5) is 0 Å². The molecule has 0 bridgehead atoms. The van der Waals surface area contributed by atoms with Crippen LogP contribution in [0.1, 0.15) is 226 Å². The number of carbonyl (C=O) groups is 1. The van der Waals surface area contributed by atoms with Gasteiger partial charge in [-0.1, -0.05) is 206 Å². The maximum absolute atomic E-state index is 12.8. The molecule has 0 aromatic heterocycles. The van der Waals surface area contributed by atoms with Gasteiger partial charge in [0.15, 0.2) is 0 Å². The third kappa shape index (κ3) is 35.9. The van der Waals surface area contributed by atoms with Gasteiger partial charge in [0.05, 0.1) is 25.4 Å². The van der Waals surface area contributed by atoms with E-state index in [1.165, 1.54) is 161 Å². The standard InChI is InChI=1S/C41H85N2O6P/c1-3-5-7-9-11-13-15-17-19-21-23-25-27-29-31-33-35-41(45)43-39(38-49-50(46,47)48-37-36-42)40(44)34-32-30-28-26-24-22-20-18-16-14-12-10-8-6-4-2/h39-40,44H,3-38,42H2,1-2H3,(H,43,45)(H,46,47). The van der Waals surface area contributed by atoms with Crippen molar-refractivity contribution in [2.24, 2.45) is 5.73 Å². The monoisotopic (exact) mass is 733 g/mol. The molecule has 0 saturated heterocycles. The second-order valence-electron chi connectivity index (χ2n) is 14.9. The highest BCUT2D eigenvalue weighted by Crippen LogP contribution is 2.43. The highest BCUT2D eigenvalue weighted by atomic mass is 31.2. The summed E-state index contributed by atoms with van der Waals surface area (Å²) in [4.78, 5) is 22.7. The van der Waals surface area contributed by atoms with Gasteiger partial charge in [-0.2, -0.15) is 0 Å². The van der Waals surface area contributed by atoms with Crippen molar-refractivity contribution in [2.75, 3.05) is 19.8 Å². The highest BCUT2D eigenvalue weighted by molar-refractivity contribution is 7.47. The summed E-state index contributed by atoms with van der Waals surface area (Å²) in [5.74, 6) is -0.157. The molecule has 0 heterocycles. The Bertz CT molecular complexity index is 759. The first-order valence-corrected chi connectivity index (χ1v) is 23.1. The first-order chi connectivity index (χ1) is 24.4. The molecule has 3 unspecified atom stereocenters. The van der Waals surface area contributed by atoms with Gasteiger partial charge in [0.25, 0.3) is 0 Å². The smallest absolute Gasteiger partial charge is 0.391 e. The lowest BCUT2D eigenvalue weighted by atomic mass is 10.0. The average Bonchev–Trinajstić information content (AvgIpc) is 3.10. The van der Waals surface area contributed by atoms with E-state index in [4.69, 9.17) is 14.8 Å². The zero-order valence-electron chi connectivity index (χ0n) is 33.2. The van der Waals surface area contributed by atoms with Gasteiger partial charge in [0.2, 0.25) is 5.91 Å². The average molecular weight is 733 g/mol. The van der Waals surface area contributed by atoms with Gasteiger partial charge in [-0.3, -0.25) is 13.8 Å². The summed E-state index contributed by atoms with van der Waals surface area (Å²) in [5.41, 5.74) is 5.38. The third-order valence-electron chi connectivity index (χ3n) is 9.96. The van der Waals surface area contributed by atoms with Crippen molar-refractivity contribution in [3.8, 4) is 0 Å². The SMILES string of the molecule is CCCCCCCCCCCCCCCCCCC(=O)NC(COP(=O)(O)OCCN)C(O)CCCCCCCCCCCCCCCCC. The molecular formula is C41H85N2O6P. The lowest BCUT2D eigenvalue weighted by Gasteiger charge is -2.25. The summed E-state index contributed by atoms with van der Waals surface area (Å²) in [6.07, 6.45) is 39.6. The van der Waals surface area contributed by atoms with Gasteiger partial charge in [-0.25, -0.2) is 4.57 Å². The van der Waals surface area contributed by atoms with Crippen molar-refractivity contribution in [1.82, 2.24) is 5.32 Å². The van der Waals surface area contributed by atoms with Crippen LogP contribution in [0.2, 0.25) is 0 Å². The molecule has 9 heteroatoms. The first-order valence-electron chi connectivity index (χ1n) is 21.7. The van der Waals surface area contributed by atoms with Crippen LogP contribution >= 0.6 is 7.82 Å². The Kier molecular flexibility index (Phi) is 37.8. The Hall–Kier alpha value is -0.500. The molecule has 0 aliphatic carbocycles. The number of carbonyl (C=O) groups excluding carboxylic acids is 1. The van der Waals surface area contributed by atoms with E-state index in [-0.39, 0.29) is 25.7 Å². The number of phosphoric acid groups is 1. The highest BCUT2D eigenvalue weighted by Gasteiger charge is 2.27. The van der Waals surface area contributed by atoms with E-state index in [1.54, 1.807) is 0 Å². The number of nitrogens with two attached hydrogens (primary N) is 1. The second-order valence-corrected chi connectivity index (χ2v) is 16.4. The summed E-state index contributed by atoms with van der Waals surface area (Å²) in [5, 5.41) is 13.8. The number of hydrogen-bond acceptors (Lipinski definition) is 6. The molecule has 50 heavy (non-hydrogen) atoms. The third-order valence-corrected chi connectivity index (χ3v) is 10.9. The van der Waals surface area contributed by atoms with Gasteiger partial charge < -0.3 is 21.1 Å². The molecule has 0 radical (unpaired) electrons. The Balaban J connectivity index is 4.13. The van der Waals surface area contributed by atoms with Crippen LogP contribution in [0.3, 0.4) is 0 Å². The van der Waals surface area contributed by atoms with Gasteiger partial charge in [0.1, 0.15) is 0 Å². The number of aliphatic hydroxyl groups is 1. The number of nitrogens with one attached hydrogen (secondary N) is 1. The van der Waals surface area contributed by atoms with Crippen molar-refractivity contribution in [1.29, 1.82) is 0 Å². The maximum atomic E-state index is 12.8. The van der Waals surface area contributed by atoms with Crippen molar-refractivity contribution < 1.29 is 28.4 Å². The Morgan fingerprint density at radius 3 is 1.28 bits per heavy atom. The maximum Gasteiger partial charge on any atom is 0.472 e. The predicted molar refractivity (Wildman–Crippen MR) is 212 cm³/mol. The van der Waals surface area contributed by atoms with E-state index in [2.05, 4.69) is 19.2 Å². The molecule has 300 valence electrons. The summed E-state index contributed by atoms with van der Waals surface area (Å²) in [6.45, 7) is 4.23. The van der Waals surface area contributed by atoms with E-state index < -0.39 is 20.0 Å². The van der Waals surface area contributed by atoms with Gasteiger partial charge in [-0.05, 0) is 12.8 Å². The zero-order chi connectivity index (χ0) is 36.8. The fraction of sp³-hybridized carbons (Fsp3) is 0.976. The van der Waals surface area contributed by atoms with Crippen LogP contribution in [0, 0.1) is 0 Å². The quantitative estimate of drug-likeness (QED) is 0.0363. The molecule has 8 nitrogen and oxygen atoms in total. The van der Waals surface area contributed by atoms with Crippen molar-refractivity contribution in [2.45, 2.75) is 238 Å². The lowest BCUT2D eigenvalue weighted by molar-refractivity contribution is -0.123. The predicted octanol–water partition coefficient (Wildman–Crippen LogP) is 11.8. The van der Waals surface area contributed by atoms with Crippen molar-refractivity contribution in [3.63, 3.8) is 0 Å². The number of rotatable bonds is 41. The van der Waals surface area contributed by atoms with Gasteiger partial charge in [-0.15, -0.1) is 0 Å². The van der Waals surface area contributed by atoms with Crippen LogP contribution < -0.4 is 11.1 Å². The Labute approximate surface area is 310 Å². The first kappa shape index (κ1) is 49.5. The van der Waals surface area contributed by atoms with Crippen LogP contribution in [0.5, 0.6) is 0 Å². The lowest BCUT2D eigenvalue weighted by Crippen LogP contribution is -2.46. The van der Waals surface area contributed by atoms with Crippen LogP contribution in [0.15, 0.2) is 0 Å². The summed E-state index contributed by atoms with van der Waals surface area (Å²) in [7, 11) is -4.31.